The smallest absolute Gasteiger partial charge is 0.185 e. The molecule has 0 saturated carbocycles. The van der Waals surface area contributed by atoms with E-state index in [1.54, 1.807) is 6.92 Å². The van der Waals surface area contributed by atoms with E-state index in [1.807, 2.05) is 24.3 Å². The molecule has 1 aliphatic rings. The Hall–Kier alpha value is -0.360. The molecule has 0 bridgehead atoms. The molecule has 98 valence electrons. The van der Waals surface area contributed by atoms with Gasteiger partial charge in [-0.1, -0.05) is 39.8 Å². The first-order valence-electron chi connectivity index (χ1n) is 5.76. The standard InChI is InChI=1S/C13H15BrO3S/c1-9(15)18-8-13-12(17-13)7-16-6-10-2-4-11(14)5-3-10/h2-5,12-13H,6-8H2,1H3/t12-,13+/m1/s1. The molecule has 0 amide bonds. The van der Waals surface area contributed by atoms with Gasteiger partial charge in [0.1, 0.15) is 6.10 Å². The predicted octanol–water partition coefficient (Wildman–Crippen LogP) is 3.01. The summed E-state index contributed by atoms with van der Waals surface area (Å²) in [6, 6.07) is 8.05. The van der Waals surface area contributed by atoms with E-state index in [4.69, 9.17) is 9.47 Å². The lowest BCUT2D eigenvalue weighted by molar-refractivity contribution is -0.109. The maximum atomic E-state index is 10.8. The van der Waals surface area contributed by atoms with Crippen LogP contribution in [0, 0.1) is 0 Å². The fourth-order valence-electron chi connectivity index (χ4n) is 1.55. The Kier molecular flexibility index (Phi) is 5.24. The minimum absolute atomic E-state index is 0.139. The number of benzene rings is 1. The number of hydrogen-bond donors (Lipinski definition) is 0. The number of carbonyl (C=O) groups is 1. The molecule has 1 saturated heterocycles. The lowest BCUT2D eigenvalue weighted by Crippen LogP contribution is -2.07. The van der Waals surface area contributed by atoms with Gasteiger partial charge in [-0.05, 0) is 17.7 Å². The first-order valence-corrected chi connectivity index (χ1v) is 7.54. The third-order valence-corrected chi connectivity index (χ3v) is 4.03. The van der Waals surface area contributed by atoms with Crippen LogP contribution in [0.25, 0.3) is 0 Å². The van der Waals surface area contributed by atoms with E-state index in [9.17, 15) is 4.79 Å². The molecule has 1 heterocycles. The predicted molar refractivity (Wildman–Crippen MR) is 75.6 cm³/mol. The minimum atomic E-state index is 0.139. The van der Waals surface area contributed by atoms with Gasteiger partial charge >= 0.3 is 0 Å². The largest absolute Gasteiger partial charge is 0.374 e. The number of hydrogen-bond acceptors (Lipinski definition) is 4. The molecule has 0 aliphatic carbocycles. The fraction of sp³-hybridized carbons (Fsp3) is 0.462. The van der Waals surface area contributed by atoms with E-state index in [-0.39, 0.29) is 17.3 Å². The summed E-state index contributed by atoms with van der Waals surface area (Å²) in [7, 11) is 0. The molecular formula is C13H15BrO3S. The van der Waals surface area contributed by atoms with Crippen LogP contribution in [-0.4, -0.2) is 29.7 Å². The molecule has 0 N–H and O–H groups in total. The van der Waals surface area contributed by atoms with Crippen molar-refractivity contribution >= 4 is 32.8 Å². The molecule has 1 aliphatic heterocycles. The van der Waals surface area contributed by atoms with Crippen molar-refractivity contribution in [2.75, 3.05) is 12.4 Å². The van der Waals surface area contributed by atoms with Crippen LogP contribution >= 0.6 is 27.7 Å². The first kappa shape index (κ1) is 14.1. The minimum Gasteiger partial charge on any atom is -0.374 e. The first-order chi connectivity index (χ1) is 8.65. The molecule has 0 aromatic heterocycles. The van der Waals surface area contributed by atoms with Crippen molar-refractivity contribution in [3.8, 4) is 0 Å². The quantitative estimate of drug-likeness (QED) is 0.751. The molecule has 18 heavy (non-hydrogen) atoms. The van der Waals surface area contributed by atoms with E-state index >= 15 is 0 Å². The van der Waals surface area contributed by atoms with Crippen molar-refractivity contribution in [3.63, 3.8) is 0 Å². The lowest BCUT2D eigenvalue weighted by Gasteiger charge is -2.02. The summed E-state index contributed by atoms with van der Waals surface area (Å²) in [5, 5.41) is 0.139. The van der Waals surface area contributed by atoms with Crippen LogP contribution in [0.5, 0.6) is 0 Å². The number of halogens is 1. The zero-order chi connectivity index (χ0) is 13.0. The Labute approximate surface area is 119 Å². The van der Waals surface area contributed by atoms with Crippen LogP contribution < -0.4 is 0 Å². The molecule has 2 rings (SSSR count). The van der Waals surface area contributed by atoms with Crippen molar-refractivity contribution in [2.24, 2.45) is 0 Å². The molecule has 2 atom stereocenters. The SMILES string of the molecule is CC(=O)SC[C@@H]1O[C@@H]1COCc1ccc(Br)cc1. The third kappa shape index (κ3) is 4.72. The van der Waals surface area contributed by atoms with Crippen LogP contribution in [0.4, 0.5) is 0 Å². The van der Waals surface area contributed by atoms with Crippen LogP contribution in [-0.2, 0) is 20.9 Å². The Balaban J connectivity index is 1.60. The molecule has 1 fully saturated rings. The van der Waals surface area contributed by atoms with Crippen LogP contribution in [0.2, 0.25) is 0 Å². The van der Waals surface area contributed by atoms with Gasteiger partial charge in [-0.2, -0.15) is 0 Å². The number of rotatable bonds is 6. The average Bonchev–Trinajstić information content (AvgIpc) is 3.08. The second-order valence-electron chi connectivity index (χ2n) is 4.16. The van der Waals surface area contributed by atoms with Gasteiger partial charge in [0.25, 0.3) is 0 Å². The molecule has 0 spiro atoms. The Morgan fingerprint density at radius 2 is 2.11 bits per heavy atom. The third-order valence-electron chi connectivity index (χ3n) is 2.60. The zero-order valence-electron chi connectivity index (χ0n) is 10.1. The molecule has 1 aromatic rings. The topological polar surface area (TPSA) is 38.8 Å². The normalized spacial score (nSPS) is 21.9. The summed E-state index contributed by atoms with van der Waals surface area (Å²) < 4.78 is 12.1. The van der Waals surface area contributed by atoms with Crippen LogP contribution in [0.15, 0.2) is 28.7 Å². The summed E-state index contributed by atoms with van der Waals surface area (Å²) in [5.74, 6) is 0.738. The molecule has 0 unspecified atom stereocenters. The molecular weight excluding hydrogens is 316 g/mol. The molecule has 1 aromatic carbocycles. The van der Waals surface area contributed by atoms with E-state index in [0.717, 1.165) is 15.8 Å². The van der Waals surface area contributed by atoms with Crippen molar-refractivity contribution in [1.29, 1.82) is 0 Å². The Morgan fingerprint density at radius 3 is 2.78 bits per heavy atom. The Bertz CT molecular complexity index is 407. The number of carbonyl (C=O) groups excluding carboxylic acids is 1. The Morgan fingerprint density at radius 1 is 1.39 bits per heavy atom. The zero-order valence-corrected chi connectivity index (χ0v) is 12.5. The van der Waals surface area contributed by atoms with Gasteiger partial charge < -0.3 is 9.47 Å². The lowest BCUT2D eigenvalue weighted by atomic mass is 10.2. The van der Waals surface area contributed by atoms with Crippen LogP contribution in [0.3, 0.4) is 0 Å². The maximum absolute atomic E-state index is 10.8. The maximum Gasteiger partial charge on any atom is 0.185 e. The highest BCUT2D eigenvalue weighted by Gasteiger charge is 2.38. The monoisotopic (exact) mass is 330 g/mol. The highest BCUT2D eigenvalue weighted by Crippen LogP contribution is 2.26. The molecule has 5 heteroatoms. The van der Waals surface area contributed by atoms with E-state index in [1.165, 1.54) is 11.8 Å². The van der Waals surface area contributed by atoms with Crippen molar-refractivity contribution in [1.82, 2.24) is 0 Å². The van der Waals surface area contributed by atoms with Gasteiger partial charge in [-0.15, -0.1) is 0 Å². The highest BCUT2D eigenvalue weighted by atomic mass is 79.9. The summed E-state index contributed by atoms with van der Waals surface area (Å²) in [5.41, 5.74) is 1.15. The van der Waals surface area contributed by atoms with Gasteiger partial charge in [-0.3, -0.25) is 4.79 Å². The van der Waals surface area contributed by atoms with Gasteiger partial charge in [0, 0.05) is 17.1 Å². The summed E-state index contributed by atoms with van der Waals surface area (Å²) in [4.78, 5) is 10.8. The van der Waals surface area contributed by atoms with E-state index < -0.39 is 0 Å². The molecule has 0 radical (unpaired) electrons. The van der Waals surface area contributed by atoms with Gasteiger partial charge in [0.2, 0.25) is 0 Å². The van der Waals surface area contributed by atoms with Gasteiger partial charge in [0.05, 0.1) is 19.3 Å². The number of epoxide rings is 1. The second kappa shape index (κ2) is 6.70. The van der Waals surface area contributed by atoms with Crippen molar-refractivity contribution in [3.05, 3.63) is 34.3 Å². The number of ether oxygens (including phenoxy) is 2. The average molecular weight is 331 g/mol. The second-order valence-corrected chi connectivity index (χ2v) is 6.27. The summed E-state index contributed by atoms with van der Waals surface area (Å²) >= 11 is 4.71. The van der Waals surface area contributed by atoms with E-state index in [2.05, 4.69) is 15.9 Å². The van der Waals surface area contributed by atoms with Gasteiger partial charge in [-0.25, -0.2) is 0 Å². The highest BCUT2D eigenvalue weighted by molar-refractivity contribution is 9.10. The summed E-state index contributed by atoms with van der Waals surface area (Å²) in [6.45, 7) is 2.77. The summed E-state index contributed by atoms with van der Waals surface area (Å²) in [6.07, 6.45) is 0.344. The number of thioether (sulfide) groups is 1. The van der Waals surface area contributed by atoms with Crippen LogP contribution in [0.1, 0.15) is 12.5 Å². The van der Waals surface area contributed by atoms with E-state index in [0.29, 0.717) is 13.2 Å². The fourth-order valence-corrected chi connectivity index (χ4v) is 2.50. The van der Waals surface area contributed by atoms with Crippen molar-refractivity contribution < 1.29 is 14.3 Å². The van der Waals surface area contributed by atoms with Crippen molar-refractivity contribution in [2.45, 2.75) is 25.7 Å². The van der Waals surface area contributed by atoms with Gasteiger partial charge in [0.15, 0.2) is 5.12 Å². The molecule has 3 nitrogen and oxygen atoms in total.